The molecule has 0 radical (unpaired) electrons. The summed E-state index contributed by atoms with van der Waals surface area (Å²) in [5, 5.41) is 7.78. The van der Waals surface area contributed by atoms with Gasteiger partial charge in [0.05, 0.1) is 11.2 Å². The third-order valence-electron chi connectivity index (χ3n) is 3.63. The molecule has 0 heterocycles. The zero-order valence-corrected chi connectivity index (χ0v) is 12.6. The van der Waals surface area contributed by atoms with Crippen LogP contribution >= 0.6 is 0 Å². The van der Waals surface area contributed by atoms with E-state index in [0.29, 0.717) is 23.6 Å². The summed E-state index contributed by atoms with van der Waals surface area (Å²) in [6, 6.07) is 0. The first-order valence-electron chi connectivity index (χ1n) is 6.88. The molecule has 0 aliphatic heterocycles. The normalized spacial score (nSPS) is 23.7. The maximum absolute atomic E-state index is 12.6. The number of carboxylic acid groups (broad SMARTS) is 1. The Hall–Kier alpha value is -0.830. The van der Waals surface area contributed by atoms with Crippen LogP contribution in [-0.4, -0.2) is 48.3 Å². The number of hydrogen-bond donors (Lipinski definition) is 1. The van der Waals surface area contributed by atoms with E-state index in [0.717, 1.165) is 0 Å². The molecule has 2 atom stereocenters. The summed E-state index contributed by atoms with van der Waals surface area (Å²) in [7, 11) is -4.27. The van der Waals surface area contributed by atoms with Crippen LogP contribution in [0.3, 0.4) is 0 Å². The van der Waals surface area contributed by atoms with Crippen molar-refractivity contribution in [3.8, 4) is 0 Å². The van der Waals surface area contributed by atoms with Crippen LogP contribution in [0, 0.1) is 5.92 Å². The number of hydrogen-bond acceptors (Lipinski definition) is 3. The zero-order chi connectivity index (χ0) is 16.3. The molecule has 1 saturated carbocycles. The number of rotatable bonds is 7. The number of alkyl halides is 3. The van der Waals surface area contributed by atoms with Crippen LogP contribution in [0.15, 0.2) is 0 Å². The van der Waals surface area contributed by atoms with Crippen molar-refractivity contribution in [2.24, 2.45) is 5.92 Å². The maximum Gasteiger partial charge on any atom is 0.402 e. The Morgan fingerprint density at radius 3 is 2.43 bits per heavy atom. The predicted octanol–water partition coefficient (Wildman–Crippen LogP) is 2.23. The van der Waals surface area contributed by atoms with Crippen LogP contribution in [0.1, 0.15) is 39.0 Å². The minimum Gasteiger partial charge on any atom is -0.481 e. The molecule has 0 amide bonds. The second-order valence-corrected chi connectivity index (χ2v) is 7.41. The molecule has 5 nitrogen and oxygen atoms in total. The number of aliphatic carboxylic acids is 1. The van der Waals surface area contributed by atoms with Gasteiger partial charge in [0.15, 0.2) is 0 Å². The summed E-state index contributed by atoms with van der Waals surface area (Å²) in [4.78, 5) is 11.1. The second-order valence-electron chi connectivity index (χ2n) is 5.26. The summed E-state index contributed by atoms with van der Waals surface area (Å²) >= 11 is 0. The van der Waals surface area contributed by atoms with Crippen molar-refractivity contribution in [1.82, 2.24) is 4.31 Å². The molecule has 2 unspecified atom stereocenters. The molecule has 1 aliphatic rings. The first-order chi connectivity index (χ1) is 9.59. The van der Waals surface area contributed by atoms with Crippen LogP contribution in [0.2, 0.25) is 0 Å². The van der Waals surface area contributed by atoms with Gasteiger partial charge in [0.2, 0.25) is 10.0 Å². The number of halogens is 3. The Bertz CT molecular complexity index is 464. The van der Waals surface area contributed by atoms with E-state index >= 15 is 0 Å². The molecule has 0 bridgehead atoms. The van der Waals surface area contributed by atoms with Gasteiger partial charge in [-0.25, -0.2) is 8.42 Å². The number of carbonyl (C=O) groups is 1. The van der Waals surface area contributed by atoms with Crippen molar-refractivity contribution < 1.29 is 31.5 Å². The summed E-state index contributed by atoms with van der Waals surface area (Å²) in [6.45, 7) is -0.0482. The van der Waals surface area contributed by atoms with Gasteiger partial charge in [-0.1, -0.05) is 19.8 Å². The second kappa shape index (κ2) is 6.95. The predicted molar refractivity (Wildman–Crippen MR) is 70.2 cm³/mol. The van der Waals surface area contributed by atoms with E-state index < -0.39 is 39.9 Å². The molecule has 124 valence electrons. The topological polar surface area (TPSA) is 74.7 Å². The first-order valence-corrected chi connectivity index (χ1v) is 8.38. The number of unbranched alkanes of at least 4 members (excludes halogenated alkanes) is 1. The smallest absolute Gasteiger partial charge is 0.402 e. The van der Waals surface area contributed by atoms with Crippen LogP contribution in [0.5, 0.6) is 0 Å². The van der Waals surface area contributed by atoms with E-state index in [4.69, 9.17) is 5.11 Å². The standard InChI is InChI=1S/C12H20F3NO4S/c1-2-3-7-16(8-12(13,14)15)21(19,20)10-6-4-5-9(10)11(17)18/h9-10H,2-8H2,1H3,(H,17,18). The highest BCUT2D eigenvalue weighted by Crippen LogP contribution is 2.34. The molecule has 0 aromatic rings. The lowest BCUT2D eigenvalue weighted by Gasteiger charge is -2.28. The van der Waals surface area contributed by atoms with Gasteiger partial charge in [-0.2, -0.15) is 17.5 Å². The summed E-state index contributed by atoms with van der Waals surface area (Å²) in [6.07, 6.45) is -3.10. The SMILES string of the molecule is CCCCN(CC(F)(F)F)S(=O)(=O)C1CCCC1C(=O)O. The third-order valence-corrected chi connectivity index (χ3v) is 5.99. The molecule has 21 heavy (non-hydrogen) atoms. The highest BCUT2D eigenvalue weighted by atomic mass is 32.2. The van der Waals surface area contributed by atoms with Crippen LogP contribution in [-0.2, 0) is 14.8 Å². The van der Waals surface area contributed by atoms with Crippen LogP contribution < -0.4 is 0 Å². The van der Waals surface area contributed by atoms with Gasteiger partial charge >= 0.3 is 12.1 Å². The fourth-order valence-electron chi connectivity index (χ4n) is 2.59. The average Bonchev–Trinajstić information content (AvgIpc) is 2.82. The van der Waals surface area contributed by atoms with E-state index in [9.17, 15) is 26.4 Å². The molecule has 0 aromatic heterocycles. The van der Waals surface area contributed by atoms with E-state index in [-0.39, 0.29) is 19.4 Å². The highest BCUT2D eigenvalue weighted by Gasteiger charge is 2.46. The van der Waals surface area contributed by atoms with Crippen molar-refractivity contribution in [2.45, 2.75) is 50.5 Å². The lowest BCUT2D eigenvalue weighted by Crippen LogP contribution is -2.46. The maximum atomic E-state index is 12.6. The molecule has 1 fully saturated rings. The number of nitrogens with zero attached hydrogens (tertiary/aromatic N) is 1. The first kappa shape index (κ1) is 18.2. The van der Waals surface area contributed by atoms with Crippen molar-refractivity contribution in [3.63, 3.8) is 0 Å². The Kier molecular flexibility index (Phi) is 6.03. The summed E-state index contributed by atoms with van der Waals surface area (Å²) < 4.78 is 62.9. The zero-order valence-electron chi connectivity index (χ0n) is 11.8. The monoisotopic (exact) mass is 331 g/mol. The molecule has 0 spiro atoms. The molecular formula is C12H20F3NO4S. The van der Waals surface area contributed by atoms with Crippen LogP contribution in [0.4, 0.5) is 13.2 Å². The molecule has 0 aromatic carbocycles. The molecule has 1 N–H and O–H groups in total. The minimum absolute atomic E-state index is 0.0970. The van der Waals surface area contributed by atoms with E-state index in [1.54, 1.807) is 6.92 Å². The Morgan fingerprint density at radius 1 is 1.33 bits per heavy atom. The van der Waals surface area contributed by atoms with Crippen molar-refractivity contribution >= 4 is 16.0 Å². The summed E-state index contributed by atoms with van der Waals surface area (Å²) in [5.74, 6) is -2.38. The summed E-state index contributed by atoms with van der Waals surface area (Å²) in [5.41, 5.74) is 0. The van der Waals surface area contributed by atoms with E-state index in [1.807, 2.05) is 0 Å². The lowest BCUT2D eigenvalue weighted by atomic mass is 10.1. The van der Waals surface area contributed by atoms with Crippen molar-refractivity contribution in [3.05, 3.63) is 0 Å². The molecule has 1 aliphatic carbocycles. The van der Waals surface area contributed by atoms with Crippen molar-refractivity contribution in [1.29, 1.82) is 0 Å². The van der Waals surface area contributed by atoms with Gasteiger partial charge < -0.3 is 5.11 Å². The van der Waals surface area contributed by atoms with Gasteiger partial charge in [0, 0.05) is 6.54 Å². The molecule has 9 heteroatoms. The van der Waals surface area contributed by atoms with Crippen molar-refractivity contribution in [2.75, 3.05) is 13.1 Å². The highest BCUT2D eigenvalue weighted by molar-refractivity contribution is 7.89. The fourth-order valence-corrected chi connectivity index (χ4v) is 4.81. The van der Waals surface area contributed by atoms with Gasteiger partial charge in [0.25, 0.3) is 0 Å². The molecule has 0 saturated heterocycles. The van der Waals surface area contributed by atoms with Gasteiger partial charge in [-0.15, -0.1) is 0 Å². The van der Waals surface area contributed by atoms with E-state index in [2.05, 4.69) is 0 Å². The number of sulfonamides is 1. The molecule has 1 rings (SSSR count). The Balaban J connectivity index is 3.00. The van der Waals surface area contributed by atoms with Gasteiger partial charge in [-0.05, 0) is 19.3 Å². The Labute approximate surface area is 122 Å². The largest absolute Gasteiger partial charge is 0.481 e. The number of carboxylic acids is 1. The lowest BCUT2D eigenvalue weighted by molar-refractivity contribution is -0.141. The Morgan fingerprint density at radius 2 is 1.95 bits per heavy atom. The molecular weight excluding hydrogens is 311 g/mol. The van der Waals surface area contributed by atoms with Gasteiger partial charge in [-0.3, -0.25) is 4.79 Å². The van der Waals surface area contributed by atoms with E-state index in [1.165, 1.54) is 0 Å². The van der Waals surface area contributed by atoms with Crippen LogP contribution in [0.25, 0.3) is 0 Å². The third kappa shape index (κ3) is 4.84. The fraction of sp³-hybridized carbons (Fsp3) is 0.917. The van der Waals surface area contributed by atoms with Gasteiger partial charge in [0.1, 0.15) is 6.54 Å². The average molecular weight is 331 g/mol. The minimum atomic E-state index is -4.64. The quantitative estimate of drug-likeness (QED) is 0.776.